The number of halogens is 1. The number of alkyl halides is 1. The van der Waals surface area contributed by atoms with Gasteiger partial charge < -0.3 is 4.57 Å². The number of aryl methyl sites for hydroxylation is 1. The SMILES string of the molecule is CCC(CC)C(Cl)CNS(=O)(=O)c1cn(C)cn1. The van der Waals surface area contributed by atoms with Crippen molar-refractivity contribution in [3.05, 3.63) is 12.5 Å². The molecule has 0 radical (unpaired) electrons. The van der Waals surface area contributed by atoms with Gasteiger partial charge in [-0.05, 0) is 5.92 Å². The van der Waals surface area contributed by atoms with Crippen LogP contribution >= 0.6 is 11.6 Å². The van der Waals surface area contributed by atoms with E-state index < -0.39 is 10.0 Å². The van der Waals surface area contributed by atoms with E-state index in [1.807, 2.05) is 0 Å². The van der Waals surface area contributed by atoms with Crippen molar-refractivity contribution >= 4 is 21.6 Å². The minimum atomic E-state index is -3.55. The van der Waals surface area contributed by atoms with Crippen LogP contribution in [0.3, 0.4) is 0 Å². The summed E-state index contributed by atoms with van der Waals surface area (Å²) >= 11 is 6.19. The molecule has 5 nitrogen and oxygen atoms in total. The fourth-order valence-electron chi connectivity index (χ4n) is 1.76. The fourth-order valence-corrected chi connectivity index (χ4v) is 3.32. The zero-order chi connectivity index (χ0) is 13.8. The molecule has 0 aliphatic heterocycles. The topological polar surface area (TPSA) is 64.0 Å². The first-order valence-electron chi connectivity index (χ1n) is 6.02. The predicted octanol–water partition coefficient (Wildman–Crippen LogP) is 1.74. The molecule has 7 heteroatoms. The Bertz CT molecular complexity index is 468. The average molecular weight is 294 g/mol. The van der Waals surface area contributed by atoms with Crippen LogP contribution in [-0.4, -0.2) is 29.9 Å². The Morgan fingerprint density at radius 2 is 2.06 bits per heavy atom. The Morgan fingerprint density at radius 1 is 1.44 bits per heavy atom. The second kappa shape index (κ2) is 6.54. The largest absolute Gasteiger partial charge is 0.339 e. The highest BCUT2D eigenvalue weighted by Crippen LogP contribution is 2.18. The number of rotatable bonds is 7. The molecule has 1 rings (SSSR count). The van der Waals surface area contributed by atoms with Gasteiger partial charge in [0, 0.05) is 25.2 Å². The summed E-state index contributed by atoms with van der Waals surface area (Å²) in [5, 5.41) is -0.170. The van der Waals surface area contributed by atoms with Gasteiger partial charge in [-0.2, -0.15) is 0 Å². The Balaban J connectivity index is 2.62. The molecule has 1 aromatic rings. The van der Waals surface area contributed by atoms with Crippen LogP contribution in [0.1, 0.15) is 26.7 Å². The van der Waals surface area contributed by atoms with E-state index in [2.05, 4.69) is 23.6 Å². The molecule has 1 atom stereocenters. The molecule has 0 fully saturated rings. The number of nitrogens with one attached hydrogen (secondary N) is 1. The summed E-state index contributed by atoms with van der Waals surface area (Å²) in [4.78, 5) is 3.82. The summed E-state index contributed by atoms with van der Waals surface area (Å²) in [5.41, 5.74) is 0. The van der Waals surface area contributed by atoms with E-state index in [1.165, 1.54) is 12.5 Å². The van der Waals surface area contributed by atoms with E-state index in [4.69, 9.17) is 11.6 Å². The third-order valence-electron chi connectivity index (χ3n) is 2.99. The highest BCUT2D eigenvalue weighted by Gasteiger charge is 2.21. The highest BCUT2D eigenvalue weighted by molar-refractivity contribution is 7.89. The second-order valence-corrected chi connectivity index (χ2v) is 6.60. The van der Waals surface area contributed by atoms with E-state index in [9.17, 15) is 8.42 Å². The Kier molecular flexibility index (Phi) is 5.62. The normalized spacial score (nSPS) is 14.1. The minimum Gasteiger partial charge on any atom is -0.339 e. The second-order valence-electron chi connectivity index (χ2n) is 4.32. The van der Waals surface area contributed by atoms with E-state index >= 15 is 0 Å². The van der Waals surface area contributed by atoms with Crippen LogP contribution in [-0.2, 0) is 17.1 Å². The van der Waals surface area contributed by atoms with Gasteiger partial charge in [0.05, 0.1) is 6.33 Å². The number of sulfonamides is 1. The standard InChI is InChI=1S/C11H20ClN3O2S/c1-4-9(5-2)10(12)6-14-18(16,17)11-7-15(3)8-13-11/h7-10,14H,4-6H2,1-3H3. The third kappa shape index (κ3) is 3.96. The predicted molar refractivity (Wildman–Crippen MR) is 72.1 cm³/mol. The molecule has 18 heavy (non-hydrogen) atoms. The lowest BCUT2D eigenvalue weighted by Crippen LogP contribution is -2.33. The van der Waals surface area contributed by atoms with Crippen LogP contribution in [0.15, 0.2) is 17.6 Å². The maximum absolute atomic E-state index is 11.9. The van der Waals surface area contributed by atoms with Crippen LogP contribution in [0, 0.1) is 5.92 Å². The van der Waals surface area contributed by atoms with E-state index in [0.29, 0.717) is 5.92 Å². The smallest absolute Gasteiger partial charge is 0.259 e. The van der Waals surface area contributed by atoms with Crippen molar-refractivity contribution in [2.75, 3.05) is 6.54 Å². The number of nitrogens with zero attached hydrogens (tertiary/aromatic N) is 2. The summed E-state index contributed by atoms with van der Waals surface area (Å²) in [6.45, 7) is 4.33. The van der Waals surface area contributed by atoms with Gasteiger partial charge in [-0.15, -0.1) is 11.6 Å². The number of aromatic nitrogens is 2. The van der Waals surface area contributed by atoms with E-state index in [-0.39, 0.29) is 16.9 Å². The molecule has 1 heterocycles. The van der Waals surface area contributed by atoms with Crippen molar-refractivity contribution in [1.29, 1.82) is 0 Å². The van der Waals surface area contributed by atoms with Gasteiger partial charge in [0.25, 0.3) is 10.0 Å². The molecular weight excluding hydrogens is 274 g/mol. The summed E-state index contributed by atoms with van der Waals surface area (Å²) in [7, 11) is -1.83. The molecule has 0 amide bonds. The molecule has 0 saturated heterocycles. The van der Waals surface area contributed by atoms with Crippen LogP contribution in [0.5, 0.6) is 0 Å². The molecule has 0 aliphatic rings. The number of hydrogen-bond acceptors (Lipinski definition) is 3. The zero-order valence-electron chi connectivity index (χ0n) is 10.9. The monoisotopic (exact) mass is 293 g/mol. The zero-order valence-corrected chi connectivity index (χ0v) is 12.5. The molecule has 1 unspecified atom stereocenters. The molecule has 0 aromatic carbocycles. The summed E-state index contributed by atoms with van der Waals surface area (Å²) in [6, 6.07) is 0. The first-order chi connectivity index (χ1) is 8.40. The lowest BCUT2D eigenvalue weighted by molar-refractivity contribution is 0.460. The molecule has 1 N–H and O–H groups in total. The number of hydrogen-bond donors (Lipinski definition) is 1. The van der Waals surface area contributed by atoms with Crippen LogP contribution in [0.4, 0.5) is 0 Å². The molecule has 1 aromatic heterocycles. The molecular formula is C11H20ClN3O2S. The van der Waals surface area contributed by atoms with E-state index in [1.54, 1.807) is 11.6 Å². The van der Waals surface area contributed by atoms with Gasteiger partial charge >= 0.3 is 0 Å². The van der Waals surface area contributed by atoms with Gasteiger partial charge in [0.1, 0.15) is 0 Å². The average Bonchev–Trinajstić information content (AvgIpc) is 2.76. The van der Waals surface area contributed by atoms with Crippen LogP contribution in [0.2, 0.25) is 0 Å². The Labute approximate surface area is 114 Å². The van der Waals surface area contributed by atoms with Crippen molar-refractivity contribution in [3.8, 4) is 0 Å². The van der Waals surface area contributed by atoms with Gasteiger partial charge in [-0.3, -0.25) is 0 Å². The highest BCUT2D eigenvalue weighted by atomic mass is 35.5. The van der Waals surface area contributed by atoms with Gasteiger partial charge in [0.15, 0.2) is 5.03 Å². The lowest BCUT2D eigenvalue weighted by atomic mass is 9.99. The van der Waals surface area contributed by atoms with Crippen molar-refractivity contribution in [1.82, 2.24) is 14.3 Å². The van der Waals surface area contributed by atoms with Gasteiger partial charge in [-0.25, -0.2) is 18.1 Å². The van der Waals surface area contributed by atoms with Crippen molar-refractivity contribution < 1.29 is 8.42 Å². The fraction of sp³-hybridized carbons (Fsp3) is 0.727. The Morgan fingerprint density at radius 3 is 2.50 bits per heavy atom. The minimum absolute atomic E-state index is 0.0263. The van der Waals surface area contributed by atoms with Gasteiger partial charge in [0.2, 0.25) is 0 Å². The van der Waals surface area contributed by atoms with E-state index in [0.717, 1.165) is 12.8 Å². The summed E-state index contributed by atoms with van der Waals surface area (Å²) in [5.74, 6) is 0.318. The molecule has 0 bridgehead atoms. The van der Waals surface area contributed by atoms with Crippen molar-refractivity contribution in [2.45, 2.75) is 37.1 Å². The van der Waals surface area contributed by atoms with Crippen molar-refractivity contribution in [3.63, 3.8) is 0 Å². The lowest BCUT2D eigenvalue weighted by Gasteiger charge is -2.19. The Hall–Kier alpha value is -0.590. The molecule has 0 saturated carbocycles. The van der Waals surface area contributed by atoms with Crippen molar-refractivity contribution in [2.24, 2.45) is 13.0 Å². The maximum atomic E-state index is 11.9. The summed E-state index contributed by atoms with van der Waals surface area (Å²) < 4.78 is 27.9. The number of imidazole rings is 1. The summed E-state index contributed by atoms with van der Waals surface area (Å²) in [6.07, 6.45) is 4.79. The van der Waals surface area contributed by atoms with Gasteiger partial charge in [-0.1, -0.05) is 26.7 Å². The first kappa shape index (κ1) is 15.5. The first-order valence-corrected chi connectivity index (χ1v) is 7.94. The quantitative estimate of drug-likeness (QED) is 0.779. The maximum Gasteiger partial charge on any atom is 0.259 e. The molecule has 104 valence electrons. The van der Waals surface area contributed by atoms with Crippen LogP contribution < -0.4 is 4.72 Å². The molecule has 0 aliphatic carbocycles. The third-order valence-corrected chi connectivity index (χ3v) is 4.80. The van der Waals surface area contributed by atoms with Crippen LogP contribution in [0.25, 0.3) is 0 Å². The molecule has 0 spiro atoms.